The zero-order valence-electron chi connectivity index (χ0n) is 23.1. The molecule has 0 aliphatic heterocycles. The number of allylic oxidation sites excluding steroid dienone is 4. The van der Waals surface area contributed by atoms with Crippen LogP contribution in [0.3, 0.4) is 0 Å². The molecule has 0 radical (unpaired) electrons. The lowest BCUT2D eigenvalue weighted by molar-refractivity contribution is 0.373. The van der Waals surface area contributed by atoms with E-state index >= 15 is 0 Å². The van der Waals surface area contributed by atoms with Crippen molar-refractivity contribution < 1.29 is 0 Å². The van der Waals surface area contributed by atoms with Crippen molar-refractivity contribution in [3.63, 3.8) is 0 Å². The van der Waals surface area contributed by atoms with E-state index in [-0.39, 0.29) is 0 Å². The molecule has 0 rings (SSSR count). The van der Waals surface area contributed by atoms with Gasteiger partial charge in [-0.05, 0) is 48.3 Å². The SMILES string of the molecule is C/C=C/C(C)(C)C.C/C=C/C(C)(C)C.CCCC(C)(C)C.CCCC(C)(C)C. The van der Waals surface area contributed by atoms with Gasteiger partial charge in [-0.15, -0.1) is 0 Å². The van der Waals surface area contributed by atoms with Crippen molar-refractivity contribution in [3.8, 4) is 0 Å². The van der Waals surface area contributed by atoms with Crippen molar-refractivity contribution >= 4 is 0 Å². The standard InChI is InChI=1S/2C7H16.2C7H14/c4*1-5-6-7(2,3)4/h2*5-6H2,1-4H3;2*5-6H,1-4H3/b;;2*6-5+. The van der Waals surface area contributed by atoms with Crippen molar-refractivity contribution in [1.82, 2.24) is 0 Å². The second kappa shape index (κ2) is 17.3. The summed E-state index contributed by atoms with van der Waals surface area (Å²) in [6.07, 6.45) is 13.8. The molecule has 0 saturated heterocycles. The molecule has 0 aromatic heterocycles. The second-order valence-electron chi connectivity index (χ2n) is 12.4. The lowest BCUT2D eigenvalue weighted by Crippen LogP contribution is -2.02. The van der Waals surface area contributed by atoms with Gasteiger partial charge in [0.25, 0.3) is 0 Å². The average Bonchev–Trinajstić information content (AvgIpc) is 2.34. The van der Waals surface area contributed by atoms with Gasteiger partial charge < -0.3 is 0 Å². The summed E-state index contributed by atoms with van der Waals surface area (Å²) in [4.78, 5) is 0. The topological polar surface area (TPSA) is 0 Å². The van der Waals surface area contributed by atoms with E-state index in [0.717, 1.165) is 0 Å². The minimum atomic E-state index is 0.370. The van der Waals surface area contributed by atoms with E-state index in [0.29, 0.717) is 21.7 Å². The monoisotopic (exact) mass is 396 g/mol. The van der Waals surface area contributed by atoms with Gasteiger partial charge in [0, 0.05) is 0 Å². The van der Waals surface area contributed by atoms with E-state index in [1.165, 1.54) is 25.7 Å². The Kier molecular flexibility index (Phi) is 21.7. The highest BCUT2D eigenvalue weighted by Crippen LogP contribution is 2.20. The second-order valence-corrected chi connectivity index (χ2v) is 12.4. The van der Waals surface area contributed by atoms with Crippen LogP contribution in [0.15, 0.2) is 24.3 Å². The van der Waals surface area contributed by atoms with Gasteiger partial charge in [-0.25, -0.2) is 0 Å². The maximum Gasteiger partial charge on any atom is -0.0203 e. The molecule has 0 saturated carbocycles. The van der Waals surface area contributed by atoms with Crippen LogP contribution in [-0.4, -0.2) is 0 Å². The summed E-state index contributed by atoms with van der Waals surface area (Å²) < 4.78 is 0. The minimum Gasteiger partial charge on any atom is -0.0911 e. The first-order valence-electron chi connectivity index (χ1n) is 11.5. The van der Waals surface area contributed by atoms with Crippen LogP contribution in [0.2, 0.25) is 0 Å². The molecule has 0 nitrogen and oxygen atoms in total. The Labute approximate surface area is 182 Å². The fourth-order valence-corrected chi connectivity index (χ4v) is 2.50. The zero-order chi connectivity index (χ0) is 23.7. The Morgan fingerprint density at radius 2 is 0.679 bits per heavy atom. The zero-order valence-corrected chi connectivity index (χ0v) is 23.1. The van der Waals surface area contributed by atoms with Gasteiger partial charge in [0.05, 0.1) is 0 Å². The van der Waals surface area contributed by atoms with Crippen LogP contribution >= 0.6 is 0 Å². The molecule has 0 fully saturated rings. The number of hydrogen-bond donors (Lipinski definition) is 0. The minimum absolute atomic E-state index is 0.370. The maximum atomic E-state index is 2.27. The first-order chi connectivity index (χ1) is 12.2. The summed E-state index contributed by atoms with van der Waals surface area (Å²) >= 11 is 0. The molecule has 0 heteroatoms. The van der Waals surface area contributed by atoms with Gasteiger partial charge in [-0.2, -0.15) is 0 Å². The molecule has 0 N–H and O–H groups in total. The van der Waals surface area contributed by atoms with E-state index in [1.807, 2.05) is 13.8 Å². The highest BCUT2D eigenvalue weighted by Gasteiger charge is 2.06. The number of hydrogen-bond acceptors (Lipinski definition) is 0. The van der Waals surface area contributed by atoms with Gasteiger partial charge in [0.15, 0.2) is 0 Å². The number of rotatable bonds is 2. The molecule has 172 valence electrons. The Morgan fingerprint density at radius 1 is 0.464 bits per heavy atom. The van der Waals surface area contributed by atoms with Gasteiger partial charge in [0.2, 0.25) is 0 Å². The molecule has 0 unspecified atom stereocenters. The van der Waals surface area contributed by atoms with Crippen molar-refractivity contribution in [2.75, 3.05) is 0 Å². The van der Waals surface area contributed by atoms with Crippen molar-refractivity contribution in [3.05, 3.63) is 24.3 Å². The van der Waals surface area contributed by atoms with Gasteiger partial charge in [-0.1, -0.05) is 134 Å². The molecular formula is C28H60. The molecule has 28 heavy (non-hydrogen) atoms. The molecule has 0 amide bonds. The van der Waals surface area contributed by atoms with Crippen LogP contribution in [0.25, 0.3) is 0 Å². The summed E-state index contributed by atoms with van der Waals surface area (Å²) in [7, 11) is 0. The van der Waals surface area contributed by atoms with Crippen LogP contribution in [-0.2, 0) is 0 Å². The maximum absolute atomic E-state index is 2.27. The summed E-state index contributed by atoms with van der Waals surface area (Å²) in [6, 6.07) is 0. The van der Waals surface area contributed by atoms with Crippen molar-refractivity contribution in [2.45, 2.75) is 136 Å². The van der Waals surface area contributed by atoms with E-state index < -0.39 is 0 Å². The smallest absolute Gasteiger partial charge is 0.0203 e. The fraction of sp³-hybridized carbons (Fsp3) is 0.857. The Balaban J connectivity index is -0.000000137. The highest BCUT2D eigenvalue weighted by atomic mass is 14.1. The first-order valence-corrected chi connectivity index (χ1v) is 11.5. The first kappa shape index (κ1) is 35.0. The molecular weight excluding hydrogens is 336 g/mol. The molecule has 0 atom stereocenters. The predicted octanol–water partition coefficient (Wildman–Crippen LogP) is 10.9. The van der Waals surface area contributed by atoms with E-state index in [2.05, 4.69) is 121 Å². The summed E-state index contributed by atoms with van der Waals surface area (Å²) in [5.41, 5.74) is 1.84. The predicted molar refractivity (Wildman–Crippen MR) is 137 cm³/mol. The normalized spacial score (nSPS) is 12.6. The Morgan fingerprint density at radius 3 is 0.679 bits per heavy atom. The van der Waals surface area contributed by atoms with E-state index in [4.69, 9.17) is 0 Å². The van der Waals surface area contributed by atoms with Crippen LogP contribution < -0.4 is 0 Å². The quantitative estimate of drug-likeness (QED) is 0.407. The Bertz CT molecular complexity index is 315. The third kappa shape index (κ3) is 63.7. The lowest BCUT2D eigenvalue weighted by Gasteiger charge is -2.15. The van der Waals surface area contributed by atoms with Crippen LogP contribution in [0.4, 0.5) is 0 Å². The van der Waals surface area contributed by atoms with E-state index in [1.54, 1.807) is 0 Å². The molecule has 0 aromatic rings. The molecule has 0 aliphatic rings. The third-order valence-electron chi connectivity index (χ3n) is 3.33. The molecule has 0 bridgehead atoms. The average molecular weight is 397 g/mol. The summed E-state index contributed by atoms with van der Waals surface area (Å²) in [5, 5.41) is 0. The highest BCUT2D eigenvalue weighted by molar-refractivity contribution is 4.89. The fourth-order valence-electron chi connectivity index (χ4n) is 2.50. The summed E-state index contributed by atoms with van der Waals surface area (Å²) in [5.74, 6) is 0. The van der Waals surface area contributed by atoms with Gasteiger partial charge in [-0.3, -0.25) is 0 Å². The van der Waals surface area contributed by atoms with E-state index in [9.17, 15) is 0 Å². The van der Waals surface area contributed by atoms with Crippen LogP contribution in [0.1, 0.15) is 136 Å². The molecule has 0 heterocycles. The van der Waals surface area contributed by atoms with Gasteiger partial charge >= 0.3 is 0 Å². The van der Waals surface area contributed by atoms with Crippen LogP contribution in [0, 0.1) is 21.7 Å². The third-order valence-corrected chi connectivity index (χ3v) is 3.33. The largest absolute Gasteiger partial charge is 0.0911 e. The van der Waals surface area contributed by atoms with Gasteiger partial charge in [0.1, 0.15) is 0 Å². The Hall–Kier alpha value is -0.520. The molecule has 0 spiro atoms. The van der Waals surface area contributed by atoms with Crippen molar-refractivity contribution in [2.24, 2.45) is 21.7 Å². The van der Waals surface area contributed by atoms with Crippen LogP contribution in [0.5, 0.6) is 0 Å². The molecule has 0 aliphatic carbocycles. The molecule has 0 aromatic carbocycles. The van der Waals surface area contributed by atoms with Crippen molar-refractivity contribution in [1.29, 1.82) is 0 Å². The summed E-state index contributed by atoms with van der Waals surface area (Å²) in [6.45, 7) is 35.3. The lowest BCUT2D eigenvalue weighted by atomic mass is 9.91.